The van der Waals surface area contributed by atoms with Crippen molar-refractivity contribution in [3.63, 3.8) is 0 Å². The molecule has 0 atom stereocenters. The van der Waals surface area contributed by atoms with E-state index in [2.05, 4.69) is 18.9 Å². The Bertz CT molecular complexity index is 466. The predicted molar refractivity (Wildman–Crippen MR) is 85.7 cm³/mol. The molecule has 1 saturated carbocycles. The van der Waals surface area contributed by atoms with Crippen molar-refractivity contribution in [1.82, 2.24) is 0 Å². The van der Waals surface area contributed by atoms with E-state index in [4.69, 9.17) is 5.73 Å². The molecule has 1 fully saturated rings. The molecule has 0 amide bonds. The standard InChI is InChI=1S/C14H22N2OS2/c1-4-5-8-16(2)14-13(18-3)10(15)12(19-14)11(17)9-6-7-9/h9H,4-8,15H2,1-3H3. The summed E-state index contributed by atoms with van der Waals surface area (Å²) in [6, 6.07) is 0. The maximum Gasteiger partial charge on any atom is 0.178 e. The van der Waals surface area contributed by atoms with E-state index in [1.807, 2.05) is 6.26 Å². The zero-order valence-corrected chi connectivity index (χ0v) is 13.5. The van der Waals surface area contributed by atoms with E-state index in [-0.39, 0.29) is 11.7 Å². The first-order chi connectivity index (χ1) is 9.10. The average Bonchev–Trinajstić information content (AvgIpc) is 3.19. The van der Waals surface area contributed by atoms with E-state index >= 15 is 0 Å². The lowest BCUT2D eigenvalue weighted by Crippen LogP contribution is -2.17. The molecule has 0 spiro atoms. The summed E-state index contributed by atoms with van der Waals surface area (Å²) >= 11 is 3.22. The molecule has 0 aliphatic heterocycles. The van der Waals surface area contributed by atoms with Crippen molar-refractivity contribution in [1.29, 1.82) is 0 Å². The minimum absolute atomic E-state index is 0.240. The lowest BCUT2D eigenvalue weighted by Gasteiger charge is -2.18. The van der Waals surface area contributed by atoms with Crippen molar-refractivity contribution in [2.75, 3.05) is 30.5 Å². The smallest absolute Gasteiger partial charge is 0.178 e. The van der Waals surface area contributed by atoms with Crippen molar-refractivity contribution >= 4 is 39.6 Å². The number of carbonyl (C=O) groups excluding carboxylic acids is 1. The minimum Gasteiger partial charge on any atom is -0.396 e. The van der Waals surface area contributed by atoms with Gasteiger partial charge in [-0.15, -0.1) is 23.1 Å². The summed E-state index contributed by atoms with van der Waals surface area (Å²) in [7, 11) is 2.09. The lowest BCUT2D eigenvalue weighted by atomic mass is 10.2. The molecule has 0 aromatic carbocycles. The molecule has 1 heterocycles. The summed E-state index contributed by atoms with van der Waals surface area (Å²) in [4.78, 5) is 16.3. The number of ketones is 1. The monoisotopic (exact) mass is 298 g/mol. The maximum atomic E-state index is 12.2. The number of hydrogen-bond donors (Lipinski definition) is 1. The van der Waals surface area contributed by atoms with Crippen molar-refractivity contribution in [3.05, 3.63) is 4.88 Å². The van der Waals surface area contributed by atoms with Gasteiger partial charge in [0.05, 0.1) is 15.5 Å². The van der Waals surface area contributed by atoms with Crippen LogP contribution in [0.4, 0.5) is 10.7 Å². The molecule has 0 radical (unpaired) electrons. The number of rotatable bonds is 7. The third-order valence-electron chi connectivity index (χ3n) is 3.45. The van der Waals surface area contributed by atoms with Gasteiger partial charge in [-0.25, -0.2) is 0 Å². The van der Waals surface area contributed by atoms with Crippen LogP contribution in [0.1, 0.15) is 42.3 Å². The molecule has 106 valence electrons. The number of hydrogen-bond acceptors (Lipinski definition) is 5. The summed E-state index contributed by atoms with van der Waals surface area (Å²) in [6.45, 7) is 3.20. The zero-order valence-electron chi connectivity index (χ0n) is 11.9. The van der Waals surface area contributed by atoms with Crippen LogP contribution in [0.15, 0.2) is 4.90 Å². The quantitative estimate of drug-likeness (QED) is 0.613. The summed E-state index contributed by atoms with van der Waals surface area (Å²) < 4.78 is 0. The first-order valence-corrected chi connectivity index (χ1v) is 8.85. The Hall–Kier alpha value is -0.680. The van der Waals surface area contributed by atoms with Crippen LogP contribution in [0.3, 0.4) is 0 Å². The fourth-order valence-corrected chi connectivity index (χ4v) is 4.29. The molecular weight excluding hydrogens is 276 g/mol. The lowest BCUT2D eigenvalue weighted by molar-refractivity contribution is 0.0972. The highest BCUT2D eigenvalue weighted by Gasteiger charge is 2.34. The molecule has 2 N–H and O–H groups in total. The molecule has 0 unspecified atom stereocenters. The first-order valence-electron chi connectivity index (χ1n) is 6.81. The van der Waals surface area contributed by atoms with Crippen LogP contribution in [0.25, 0.3) is 0 Å². The number of nitrogens with zero attached hydrogens (tertiary/aromatic N) is 1. The van der Waals surface area contributed by atoms with Gasteiger partial charge in [0, 0.05) is 19.5 Å². The number of unbranched alkanes of at least 4 members (excludes halogenated alkanes) is 1. The third-order valence-corrected chi connectivity index (χ3v) is 5.74. The first kappa shape index (κ1) is 14.7. The van der Waals surface area contributed by atoms with Gasteiger partial charge in [0.1, 0.15) is 5.00 Å². The van der Waals surface area contributed by atoms with Gasteiger partial charge in [-0.1, -0.05) is 13.3 Å². The van der Waals surface area contributed by atoms with E-state index in [0.29, 0.717) is 5.69 Å². The molecule has 0 saturated heterocycles. The number of thioether (sulfide) groups is 1. The Morgan fingerprint density at radius 2 is 2.21 bits per heavy atom. The topological polar surface area (TPSA) is 46.3 Å². The van der Waals surface area contributed by atoms with Crippen molar-refractivity contribution in [2.24, 2.45) is 5.92 Å². The molecule has 1 aliphatic rings. The second-order valence-corrected chi connectivity index (χ2v) is 6.91. The highest BCUT2D eigenvalue weighted by atomic mass is 32.2. The molecule has 19 heavy (non-hydrogen) atoms. The Morgan fingerprint density at radius 1 is 1.53 bits per heavy atom. The third kappa shape index (κ3) is 3.08. The highest BCUT2D eigenvalue weighted by molar-refractivity contribution is 7.99. The van der Waals surface area contributed by atoms with Gasteiger partial charge in [-0.05, 0) is 25.5 Å². The van der Waals surface area contributed by atoms with E-state index in [1.54, 1.807) is 23.1 Å². The Kier molecular flexibility index (Phi) is 4.79. The zero-order chi connectivity index (χ0) is 14.0. The Morgan fingerprint density at radius 3 is 2.74 bits per heavy atom. The number of nitrogens with two attached hydrogens (primary N) is 1. The van der Waals surface area contributed by atoms with Gasteiger partial charge < -0.3 is 10.6 Å². The van der Waals surface area contributed by atoms with E-state index in [1.165, 1.54) is 6.42 Å². The summed E-state index contributed by atoms with van der Waals surface area (Å²) in [5, 5.41) is 1.16. The van der Waals surface area contributed by atoms with Gasteiger partial charge in [0.2, 0.25) is 0 Å². The van der Waals surface area contributed by atoms with Crippen molar-refractivity contribution in [2.45, 2.75) is 37.5 Å². The number of Topliss-reactive ketones (excluding diaryl/α,β-unsaturated/α-hetero) is 1. The minimum atomic E-state index is 0.240. The molecule has 5 heteroatoms. The van der Waals surface area contributed by atoms with Crippen LogP contribution in [0, 0.1) is 5.92 Å². The van der Waals surface area contributed by atoms with E-state index in [9.17, 15) is 4.79 Å². The molecule has 3 nitrogen and oxygen atoms in total. The van der Waals surface area contributed by atoms with Gasteiger partial charge in [-0.3, -0.25) is 4.79 Å². The van der Waals surface area contributed by atoms with Gasteiger partial charge >= 0.3 is 0 Å². The van der Waals surface area contributed by atoms with Crippen molar-refractivity contribution in [3.8, 4) is 0 Å². The number of carbonyl (C=O) groups is 1. The van der Waals surface area contributed by atoms with Crippen LogP contribution in [-0.2, 0) is 0 Å². The normalized spacial score (nSPS) is 14.7. The molecule has 0 bridgehead atoms. The molecule has 1 aliphatic carbocycles. The highest BCUT2D eigenvalue weighted by Crippen LogP contribution is 2.46. The van der Waals surface area contributed by atoms with Crippen LogP contribution in [-0.4, -0.2) is 25.6 Å². The largest absolute Gasteiger partial charge is 0.396 e. The number of anilines is 2. The van der Waals surface area contributed by atoms with Crippen molar-refractivity contribution < 1.29 is 4.79 Å². The average molecular weight is 298 g/mol. The predicted octanol–water partition coefficient (Wildman–Crippen LogP) is 3.88. The van der Waals surface area contributed by atoms with Crippen LogP contribution in [0.5, 0.6) is 0 Å². The van der Waals surface area contributed by atoms with Crippen LogP contribution >= 0.6 is 23.1 Å². The summed E-state index contributed by atoms with van der Waals surface area (Å²) in [5.41, 5.74) is 6.89. The van der Waals surface area contributed by atoms with E-state index in [0.717, 1.165) is 40.6 Å². The summed E-state index contributed by atoms with van der Waals surface area (Å²) in [5.74, 6) is 0.498. The Balaban J connectivity index is 2.27. The Labute approximate surface area is 123 Å². The van der Waals surface area contributed by atoms with Crippen LogP contribution in [0.2, 0.25) is 0 Å². The van der Waals surface area contributed by atoms with Gasteiger partial charge in [0.25, 0.3) is 0 Å². The van der Waals surface area contributed by atoms with Gasteiger partial charge in [-0.2, -0.15) is 0 Å². The maximum absolute atomic E-state index is 12.2. The molecular formula is C14H22N2OS2. The SMILES string of the molecule is CCCCN(C)c1sc(C(=O)C2CC2)c(N)c1SC. The second kappa shape index (κ2) is 6.18. The molecule has 1 aromatic heterocycles. The fraction of sp³-hybridized carbons (Fsp3) is 0.643. The number of nitrogen functional groups attached to an aromatic ring is 1. The summed E-state index contributed by atoms with van der Waals surface area (Å²) in [6.07, 6.45) is 6.43. The molecule has 1 aromatic rings. The van der Waals surface area contributed by atoms with E-state index < -0.39 is 0 Å². The molecule has 2 rings (SSSR count). The second-order valence-electron chi connectivity index (χ2n) is 5.10. The number of thiophene rings is 1. The fourth-order valence-electron chi connectivity index (χ4n) is 2.08. The van der Waals surface area contributed by atoms with Crippen LogP contribution < -0.4 is 10.6 Å². The van der Waals surface area contributed by atoms with Gasteiger partial charge in [0.15, 0.2) is 5.78 Å².